The van der Waals surface area contributed by atoms with E-state index in [-0.39, 0.29) is 0 Å². The summed E-state index contributed by atoms with van der Waals surface area (Å²) >= 11 is 1.90. The first kappa shape index (κ1) is 14.7. The fourth-order valence-electron chi connectivity index (χ4n) is 3.41. The first-order chi connectivity index (χ1) is 10.9. The zero-order valence-electron chi connectivity index (χ0n) is 12.8. The lowest BCUT2D eigenvalue weighted by atomic mass is 10.2. The zero-order chi connectivity index (χ0) is 14.8. The minimum Gasteiger partial charge on any atom is -0.490 e. The smallest absolute Gasteiger partial charge is 0.162 e. The van der Waals surface area contributed by atoms with Crippen molar-refractivity contribution in [2.24, 2.45) is 0 Å². The summed E-state index contributed by atoms with van der Waals surface area (Å²) in [6.45, 7) is 4.85. The number of hydrogen-bond acceptors (Lipinski definition) is 5. The highest BCUT2D eigenvalue weighted by molar-refractivity contribution is 7.99. The summed E-state index contributed by atoms with van der Waals surface area (Å²) in [6.07, 6.45) is 4.42. The maximum absolute atomic E-state index is 5.89. The highest BCUT2D eigenvalue weighted by Crippen LogP contribution is 2.34. The van der Waals surface area contributed by atoms with E-state index < -0.39 is 0 Å². The summed E-state index contributed by atoms with van der Waals surface area (Å²) < 4.78 is 17.3. The van der Waals surface area contributed by atoms with Crippen molar-refractivity contribution in [3.8, 4) is 11.5 Å². The Morgan fingerprint density at radius 2 is 1.82 bits per heavy atom. The molecule has 5 heteroatoms. The van der Waals surface area contributed by atoms with Gasteiger partial charge in [0.05, 0.1) is 25.4 Å². The minimum atomic E-state index is 0.488. The number of benzene rings is 1. The van der Waals surface area contributed by atoms with Crippen molar-refractivity contribution >= 4 is 11.8 Å². The summed E-state index contributed by atoms with van der Waals surface area (Å²) in [5.74, 6) is 2.89. The van der Waals surface area contributed by atoms with Crippen molar-refractivity contribution < 1.29 is 14.2 Å². The quantitative estimate of drug-likeness (QED) is 0.796. The molecule has 0 N–H and O–H groups in total. The maximum atomic E-state index is 5.89. The van der Waals surface area contributed by atoms with E-state index in [0.29, 0.717) is 12.2 Å². The molecule has 0 radical (unpaired) electrons. The van der Waals surface area contributed by atoms with Crippen LogP contribution >= 0.6 is 11.8 Å². The van der Waals surface area contributed by atoms with Crippen LogP contribution in [0.4, 0.5) is 0 Å². The molecule has 1 aromatic rings. The van der Waals surface area contributed by atoms with E-state index in [1.165, 1.54) is 17.7 Å². The topological polar surface area (TPSA) is 30.9 Å². The number of thioether (sulfide) groups is 1. The first-order valence-corrected chi connectivity index (χ1v) is 9.26. The first-order valence-electron chi connectivity index (χ1n) is 8.27. The molecule has 2 fully saturated rings. The van der Waals surface area contributed by atoms with E-state index in [1.54, 1.807) is 0 Å². The number of ether oxygens (including phenoxy) is 3. The van der Waals surface area contributed by atoms with Crippen molar-refractivity contribution in [3.63, 3.8) is 0 Å². The van der Waals surface area contributed by atoms with Crippen LogP contribution < -0.4 is 9.47 Å². The summed E-state index contributed by atoms with van der Waals surface area (Å²) in [7, 11) is 0. The van der Waals surface area contributed by atoms with Crippen LogP contribution in [0.2, 0.25) is 0 Å². The van der Waals surface area contributed by atoms with E-state index in [0.717, 1.165) is 56.5 Å². The second-order valence-electron chi connectivity index (χ2n) is 6.22. The number of morpholine rings is 1. The highest BCUT2D eigenvalue weighted by Gasteiger charge is 2.33. The van der Waals surface area contributed by atoms with Gasteiger partial charge in [-0.3, -0.25) is 4.90 Å². The van der Waals surface area contributed by atoms with Crippen molar-refractivity contribution in [2.45, 2.75) is 36.4 Å². The standard InChI is InChI=1S/C17H23NO3S/c1-7-19-16-5-4-15(10-17(16)20-8-1)22-9-6-18-11-13-2-3-14(12-18)21-13/h4-5,10,13-14H,1-3,6-9,11-12H2/t13-,14+. The van der Waals surface area contributed by atoms with Gasteiger partial charge in [0.15, 0.2) is 11.5 Å². The van der Waals surface area contributed by atoms with E-state index in [9.17, 15) is 0 Å². The third kappa shape index (κ3) is 3.36. The van der Waals surface area contributed by atoms with Crippen LogP contribution in [0, 0.1) is 0 Å². The molecule has 0 aromatic heterocycles. The molecule has 3 aliphatic heterocycles. The van der Waals surface area contributed by atoms with Crippen LogP contribution in [0.25, 0.3) is 0 Å². The molecule has 2 bridgehead atoms. The summed E-state index contributed by atoms with van der Waals surface area (Å²) in [6, 6.07) is 6.30. The predicted molar refractivity (Wildman–Crippen MR) is 87.1 cm³/mol. The molecule has 120 valence electrons. The average Bonchev–Trinajstić information content (AvgIpc) is 2.74. The molecule has 2 atom stereocenters. The molecule has 22 heavy (non-hydrogen) atoms. The Balaban J connectivity index is 1.29. The second-order valence-corrected chi connectivity index (χ2v) is 7.39. The molecule has 0 saturated carbocycles. The molecule has 3 heterocycles. The molecule has 0 spiro atoms. The van der Waals surface area contributed by atoms with Crippen molar-refractivity contribution in [2.75, 3.05) is 38.6 Å². The number of fused-ring (bicyclic) bond motifs is 3. The second kappa shape index (κ2) is 6.69. The number of hydrogen-bond donors (Lipinski definition) is 0. The third-order valence-electron chi connectivity index (χ3n) is 4.51. The Morgan fingerprint density at radius 1 is 1.05 bits per heavy atom. The van der Waals surface area contributed by atoms with E-state index in [1.807, 2.05) is 17.8 Å². The van der Waals surface area contributed by atoms with Gasteiger partial charge in [-0.25, -0.2) is 0 Å². The summed E-state index contributed by atoms with van der Waals surface area (Å²) in [4.78, 5) is 3.82. The van der Waals surface area contributed by atoms with Crippen molar-refractivity contribution in [1.82, 2.24) is 4.90 Å². The van der Waals surface area contributed by atoms with Gasteiger partial charge in [0.25, 0.3) is 0 Å². The van der Waals surface area contributed by atoms with Gasteiger partial charge in [0, 0.05) is 36.7 Å². The molecule has 0 aliphatic carbocycles. The fraction of sp³-hybridized carbons (Fsp3) is 0.647. The largest absolute Gasteiger partial charge is 0.490 e. The molecule has 0 amide bonds. The molecule has 1 aromatic carbocycles. The van der Waals surface area contributed by atoms with E-state index in [4.69, 9.17) is 14.2 Å². The van der Waals surface area contributed by atoms with Gasteiger partial charge in [-0.1, -0.05) is 0 Å². The van der Waals surface area contributed by atoms with Gasteiger partial charge in [0.2, 0.25) is 0 Å². The predicted octanol–water partition coefficient (Wildman–Crippen LogP) is 2.80. The highest BCUT2D eigenvalue weighted by atomic mass is 32.2. The lowest BCUT2D eigenvalue weighted by molar-refractivity contribution is -0.0360. The van der Waals surface area contributed by atoms with E-state index in [2.05, 4.69) is 17.0 Å². The molecule has 2 saturated heterocycles. The van der Waals surface area contributed by atoms with Crippen molar-refractivity contribution in [3.05, 3.63) is 18.2 Å². The summed E-state index contributed by atoms with van der Waals surface area (Å²) in [5, 5.41) is 0. The number of likely N-dealkylation sites (tertiary alicyclic amines) is 1. The van der Waals surface area contributed by atoms with Gasteiger partial charge in [-0.2, -0.15) is 0 Å². The molecule has 4 rings (SSSR count). The lowest BCUT2D eigenvalue weighted by Crippen LogP contribution is -2.43. The normalized spacial score (nSPS) is 27.6. The Morgan fingerprint density at radius 3 is 2.64 bits per heavy atom. The zero-order valence-corrected chi connectivity index (χ0v) is 13.6. The minimum absolute atomic E-state index is 0.488. The molecule has 4 nitrogen and oxygen atoms in total. The summed E-state index contributed by atoms with van der Waals surface area (Å²) in [5.41, 5.74) is 0. The molecular formula is C17H23NO3S. The van der Waals surface area contributed by atoms with Crippen LogP contribution in [0.15, 0.2) is 23.1 Å². The lowest BCUT2D eigenvalue weighted by Gasteiger charge is -2.31. The van der Waals surface area contributed by atoms with Crippen LogP contribution in [0.1, 0.15) is 19.3 Å². The van der Waals surface area contributed by atoms with Crippen LogP contribution in [-0.2, 0) is 4.74 Å². The maximum Gasteiger partial charge on any atom is 0.162 e. The van der Waals surface area contributed by atoms with Gasteiger partial charge < -0.3 is 14.2 Å². The van der Waals surface area contributed by atoms with Gasteiger partial charge in [-0.05, 0) is 31.0 Å². The van der Waals surface area contributed by atoms with Crippen molar-refractivity contribution in [1.29, 1.82) is 0 Å². The Bertz CT molecular complexity index is 513. The SMILES string of the molecule is c1cc2c(cc1SCCN1C[C@H]3CC[C@@H](C1)O3)OCCCO2. The van der Waals surface area contributed by atoms with Gasteiger partial charge in [-0.15, -0.1) is 11.8 Å². The molecule has 0 unspecified atom stereocenters. The van der Waals surface area contributed by atoms with Crippen LogP contribution in [0.3, 0.4) is 0 Å². The van der Waals surface area contributed by atoms with Gasteiger partial charge >= 0.3 is 0 Å². The Kier molecular flexibility index (Phi) is 4.46. The van der Waals surface area contributed by atoms with Gasteiger partial charge in [0.1, 0.15) is 0 Å². The van der Waals surface area contributed by atoms with Crippen LogP contribution in [0.5, 0.6) is 11.5 Å². The molecular weight excluding hydrogens is 298 g/mol. The molecule has 3 aliphatic rings. The Labute approximate surface area is 136 Å². The van der Waals surface area contributed by atoms with E-state index >= 15 is 0 Å². The third-order valence-corrected chi connectivity index (χ3v) is 5.49. The fourth-order valence-corrected chi connectivity index (χ4v) is 4.35. The average molecular weight is 321 g/mol. The monoisotopic (exact) mass is 321 g/mol. The van der Waals surface area contributed by atoms with Crippen LogP contribution in [-0.4, -0.2) is 55.7 Å². The number of nitrogens with zero attached hydrogens (tertiary/aromatic N) is 1. The number of rotatable bonds is 4. The Hall–Kier alpha value is -0.910.